The van der Waals surface area contributed by atoms with Crippen LogP contribution in [-0.2, 0) is 0 Å². The Hall–Kier alpha value is -1.39. The number of aromatic nitrogens is 1. The molecule has 1 heterocycles. The van der Waals surface area contributed by atoms with E-state index in [0.717, 1.165) is 23.2 Å². The third kappa shape index (κ3) is 2.08. The molecule has 2 N–H and O–H groups in total. The van der Waals surface area contributed by atoms with E-state index in [0.29, 0.717) is 5.89 Å². The second-order valence-electron chi connectivity index (χ2n) is 3.75. The van der Waals surface area contributed by atoms with Crippen molar-refractivity contribution in [2.45, 2.75) is 19.9 Å². The van der Waals surface area contributed by atoms with Gasteiger partial charge in [0.25, 0.3) is 0 Å². The van der Waals surface area contributed by atoms with E-state index in [1.165, 1.54) is 0 Å². The van der Waals surface area contributed by atoms with Crippen molar-refractivity contribution in [1.29, 1.82) is 0 Å². The zero-order valence-electron chi connectivity index (χ0n) is 9.53. The van der Waals surface area contributed by atoms with Gasteiger partial charge in [0.05, 0.1) is 12.6 Å². The standard InChI is InChI=1S/C12H16N2O2/c1-3-13-11(7-15)9-4-5-10-12(6-9)16-8(2)14-10/h4-6,11,13,15H,3,7H2,1-2H3. The average Bonchev–Trinajstić information content (AvgIpc) is 2.64. The summed E-state index contributed by atoms with van der Waals surface area (Å²) in [5, 5.41) is 12.5. The van der Waals surface area contributed by atoms with Crippen molar-refractivity contribution in [3.8, 4) is 0 Å². The summed E-state index contributed by atoms with van der Waals surface area (Å²) < 4.78 is 5.46. The fourth-order valence-corrected chi connectivity index (χ4v) is 1.81. The van der Waals surface area contributed by atoms with Crippen LogP contribution in [0.2, 0.25) is 0 Å². The Kier molecular flexibility index (Phi) is 3.22. The van der Waals surface area contributed by atoms with Crippen molar-refractivity contribution < 1.29 is 9.52 Å². The van der Waals surface area contributed by atoms with Crippen LogP contribution < -0.4 is 5.32 Å². The number of hydrogen-bond donors (Lipinski definition) is 2. The molecule has 2 rings (SSSR count). The van der Waals surface area contributed by atoms with Crippen LogP contribution in [0.15, 0.2) is 22.6 Å². The average molecular weight is 220 g/mol. The topological polar surface area (TPSA) is 58.3 Å². The molecule has 0 aliphatic heterocycles. The molecule has 86 valence electrons. The second kappa shape index (κ2) is 4.63. The smallest absolute Gasteiger partial charge is 0.192 e. The van der Waals surface area contributed by atoms with Gasteiger partial charge in [-0.25, -0.2) is 4.98 Å². The van der Waals surface area contributed by atoms with Gasteiger partial charge in [0.1, 0.15) is 5.52 Å². The van der Waals surface area contributed by atoms with Gasteiger partial charge >= 0.3 is 0 Å². The number of rotatable bonds is 4. The molecule has 0 bridgehead atoms. The number of benzene rings is 1. The van der Waals surface area contributed by atoms with Crippen molar-refractivity contribution in [2.75, 3.05) is 13.2 Å². The summed E-state index contributed by atoms with van der Waals surface area (Å²) in [6, 6.07) is 5.77. The summed E-state index contributed by atoms with van der Waals surface area (Å²) in [4.78, 5) is 4.24. The van der Waals surface area contributed by atoms with Gasteiger partial charge in [0.15, 0.2) is 11.5 Å². The number of likely N-dealkylation sites (N-methyl/N-ethyl adjacent to an activating group) is 1. The van der Waals surface area contributed by atoms with E-state index in [4.69, 9.17) is 4.42 Å². The summed E-state index contributed by atoms with van der Waals surface area (Å²) in [5.74, 6) is 0.663. The van der Waals surface area contributed by atoms with Crippen molar-refractivity contribution in [1.82, 2.24) is 10.3 Å². The lowest BCUT2D eigenvalue weighted by Gasteiger charge is -2.14. The molecule has 0 fully saturated rings. The number of aliphatic hydroxyl groups is 1. The molecular weight excluding hydrogens is 204 g/mol. The summed E-state index contributed by atoms with van der Waals surface area (Å²) >= 11 is 0. The largest absolute Gasteiger partial charge is 0.441 e. The molecule has 1 atom stereocenters. The highest BCUT2D eigenvalue weighted by atomic mass is 16.3. The van der Waals surface area contributed by atoms with E-state index in [2.05, 4.69) is 10.3 Å². The van der Waals surface area contributed by atoms with Crippen LogP contribution in [0.5, 0.6) is 0 Å². The van der Waals surface area contributed by atoms with E-state index in [1.807, 2.05) is 32.0 Å². The highest BCUT2D eigenvalue weighted by Crippen LogP contribution is 2.20. The molecule has 0 amide bonds. The maximum Gasteiger partial charge on any atom is 0.192 e. The highest BCUT2D eigenvalue weighted by molar-refractivity contribution is 5.73. The Morgan fingerprint density at radius 3 is 3.00 bits per heavy atom. The van der Waals surface area contributed by atoms with Crippen molar-refractivity contribution in [2.24, 2.45) is 0 Å². The van der Waals surface area contributed by atoms with Crippen LogP contribution in [-0.4, -0.2) is 23.2 Å². The fourth-order valence-electron chi connectivity index (χ4n) is 1.81. The van der Waals surface area contributed by atoms with Crippen LogP contribution in [0.4, 0.5) is 0 Å². The van der Waals surface area contributed by atoms with Gasteiger partial charge in [-0.05, 0) is 24.2 Å². The predicted molar refractivity (Wildman–Crippen MR) is 62.2 cm³/mol. The van der Waals surface area contributed by atoms with E-state index in [9.17, 15) is 5.11 Å². The zero-order chi connectivity index (χ0) is 11.5. The molecule has 1 aromatic heterocycles. The Bertz CT molecular complexity index is 479. The van der Waals surface area contributed by atoms with Gasteiger partial charge in [-0.3, -0.25) is 0 Å². The lowest BCUT2D eigenvalue weighted by molar-refractivity contribution is 0.246. The first-order valence-electron chi connectivity index (χ1n) is 5.46. The SMILES string of the molecule is CCNC(CO)c1ccc2nc(C)oc2c1. The van der Waals surface area contributed by atoms with E-state index < -0.39 is 0 Å². The van der Waals surface area contributed by atoms with Gasteiger partial charge in [-0.1, -0.05) is 13.0 Å². The maximum atomic E-state index is 9.28. The first-order chi connectivity index (χ1) is 7.74. The number of aryl methyl sites for hydroxylation is 1. The Balaban J connectivity index is 2.36. The highest BCUT2D eigenvalue weighted by Gasteiger charge is 2.11. The van der Waals surface area contributed by atoms with Crippen molar-refractivity contribution in [3.63, 3.8) is 0 Å². The number of nitrogens with one attached hydrogen (secondary N) is 1. The van der Waals surface area contributed by atoms with Crippen molar-refractivity contribution in [3.05, 3.63) is 29.7 Å². The Morgan fingerprint density at radius 1 is 1.50 bits per heavy atom. The molecule has 1 unspecified atom stereocenters. The third-order valence-corrected chi connectivity index (χ3v) is 2.55. The van der Waals surface area contributed by atoms with Crippen molar-refractivity contribution >= 4 is 11.1 Å². The van der Waals surface area contributed by atoms with Gasteiger partial charge in [0, 0.05) is 6.92 Å². The Morgan fingerprint density at radius 2 is 2.31 bits per heavy atom. The van der Waals surface area contributed by atoms with Crippen LogP contribution in [0.3, 0.4) is 0 Å². The van der Waals surface area contributed by atoms with E-state index in [-0.39, 0.29) is 12.6 Å². The zero-order valence-corrected chi connectivity index (χ0v) is 9.53. The first kappa shape index (κ1) is 11.1. The minimum Gasteiger partial charge on any atom is -0.441 e. The number of aliphatic hydroxyl groups excluding tert-OH is 1. The molecule has 4 heteroatoms. The van der Waals surface area contributed by atoms with Crippen LogP contribution in [0.25, 0.3) is 11.1 Å². The molecule has 0 saturated carbocycles. The van der Waals surface area contributed by atoms with Gasteiger partial charge in [-0.15, -0.1) is 0 Å². The number of hydrogen-bond acceptors (Lipinski definition) is 4. The third-order valence-electron chi connectivity index (χ3n) is 2.55. The summed E-state index contributed by atoms with van der Waals surface area (Å²) in [6.45, 7) is 4.73. The molecule has 1 aromatic carbocycles. The van der Waals surface area contributed by atoms with Gasteiger partial charge < -0.3 is 14.8 Å². The number of fused-ring (bicyclic) bond motifs is 1. The first-order valence-corrected chi connectivity index (χ1v) is 5.46. The maximum absolute atomic E-state index is 9.28. The predicted octanol–water partition coefficient (Wildman–Crippen LogP) is 1.78. The summed E-state index contributed by atoms with van der Waals surface area (Å²) in [5.41, 5.74) is 2.65. The normalized spacial score (nSPS) is 13.2. The summed E-state index contributed by atoms with van der Waals surface area (Å²) in [6.07, 6.45) is 0. The number of oxazole rings is 1. The summed E-state index contributed by atoms with van der Waals surface area (Å²) in [7, 11) is 0. The van der Waals surface area contributed by atoms with Crippen LogP contribution in [0.1, 0.15) is 24.4 Å². The quantitative estimate of drug-likeness (QED) is 0.824. The van der Waals surface area contributed by atoms with Crippen LogP contribution >= 0.6 is 0 Å². The van der Waals surface area contributed by atoms with E-state index in [1.54, 1.807) is 0 Å². The molecule has 0 aliphatic carbocycles. The molecule has 0 aliphatic rings. The molecule has 16 heavy (non-hydrogen) atoms. The molecular formula is C12H16N2O2. The molecule has 0 saturated heterocycles. The molecule has 0 spiro atoms. The van der Waals surface area contributed by atoms with Crippen LogP contribution in [0, 0.1) is 6.92 Å². The Labute approximate surface area is 94.3 Å². The fraction of sp³-hybridized carbons (Fsp3) is 0.417. The second-order valence-corrected chi connectivity index (χ2v) is 3.75. The minimum atomic E-state index is -0.0418. The molecule has 0 radical (unpaired) electrons. The lowest BCUT2D eigenvalue weighted by atomic mass is 10.1. The number of nitrogens with zero attached hydrogens (tertiary/aromatic N) is 1. The monoisotopic (exact) mass is 220 g/mol. The lowest BCUT2D eigenvalue weighted by Crippen LogP contribution is -2.23. The van der Waals surface area contributed by atoms with E-state index >= 15 is 0 Å². The molecule has 2 aromatic rings. The van der Waals surface area contributed by atoms with Gasteiger partial charge in [-0.2, -0.15) is 0 Å². The molecule has 4 nitrogen and oxygen atoms in total. The van der Waals surface area contributed by atoms with Gasteiger partial charge in [0.2, 0.25) is 0 Å². The minimum absolute atomic E-state index is 0.0418.